The highest BCUT2D eigenvalue weighted by molar-refractivity contribution is 6.04. The summed E-state index contributed by atoms with van der Waals surface area (Å²) in [4.78, 5) is 23.1. The third-order valence-electron chi connectivity index (χ3n) is 2.82. The van der Waals surface area contributed by atoms with Crippen LogP contribution in [-0.4, -0.2) is 11.8 Å². The highest BCUT2D eigenvalue weighted by Crippen LogP contribution is 2.20. The lowest BCUT2D eigenvalue weighted by atomic mass is 10.1. The van der Waals surface area contributed by atoms with E-state index in [0.717, 1.165) is 5.56 Å². The topological polar surface area (TPSA) is 58.2 Å². The zero-order valence-corrected chi connectivity index (χ0v) is 11.7. The Hall–Kier alpha value is -2.69. The van der Waals surface area contributed by atoms with Gasteiger partial charge in [0.05, 0.1) is 5.69 Å². The largest absolute Gasteiger partial charge is 0.324 e. The fraction of sp³-hybridized carbons (Fsp3) is 0.125. The number of hydrogen-bond acceptors (Lipinski definition) is 2. The minimum atomic E-state index is -0.557. The molecule has 2 rings (SSSR count). The lowest BCUT2D eigenvalue weighted by Crippen LogP contribution is -2.13. The molecule has 0 aliphatic heterocycles. The van der Waals surface area contributed by atoms with Gasteiger partial charge in [-0.15, -0.1) is 0 Å². The fourth-order valence-corrected chi connectivity index (χ4v) is 1.88. The molecule has 0 radical (unpaired) electrons. The molecule has 2 N–H and O–H groups in total. The van der Waals surface area contributed by atoms with Crippen molar-refractivity contribution in [1.29, 1.82) is 0 Å². The standard InChI is InChI=1S/C16H15FN2O2/c1-10-4-3-5-12(8-10)16(21)19-13-6-7-14(17)15(9-13)18-11(2)20/h3-9H,1-2H3,(H,18,20)(H,19,21). The van der Waals surface area contributed by atoms with Crippen molar-refractivity contribution in [3.8, 4) is 0 Å². The summed E-state index contributed by atoms with van der Waals surface area (Å²) in [5.41, 5.74) is 1.93. The van der Waals surface area contributed by atoms with Crippen LogP contribution in [0.15, 0.2) is 42.5 Å². The van der Waals surface area contributed by atoms with Gasteiger partial charge in [-0.25, -0.2) is 4.39 Å². The molecule has 21 heavy (non-hydrogen) atoms. The summed E-state index contributed by atoms with van der Waals surface area (Å²) in [6.45, 7) is 3.18. The molecule has 108 valence electrons. The Balaban J connectivity index is 2.19. The van der Waals surface area contributed by atoms with Crippen LogP contribution in [-0.2, 0) is 4.79 Å². The normalized spacial score (nSPS) is 10.0. The molecule has 0 unspecified atom stereocenters. The number of hydrogen-bond donors (Lipinski definition) is 2. The van der Waals surface area contributed by atoms with E-state index in [0.29, 0.717) is 11.3 Å². The summed E-state index contributed by atoms with van der Waals surface area (Å²) in [5, 5.41) is 5.04. The monoisotopic (exact) mass is 286 g/mol. The molecule has 0 atom stereocenters. The number of carbonyl (C=O) groups excluding carboxylic acids is 2. The van der Waals surface area contributed by atoms with Crippen LogP contribution in [0.3, 0.4) is 0 Å². The van der Waals surface area contributed by atoms with Gasteiger partial charge in [-0.3, -0.25) is 9.59 Å². The second-order valence-electron chi connectivity index (χ2n) is 4.70. The molecule has 0 bridgehead atoms. The highest BCUT2D eigenvalue weighted by Gasteiger charge is 2.09. The van der Waals surface area contributed by atoms with Gasteiger partial charge in [0.15, 0.2) is 0 Å². The molecule has 0 fully saturated rings. The van der Waals surface area contributed by atoms with E-state index < -0.39 is 5.82 Å². The molecule has 0 heterocycles. The summed E-state index contributed by atoms with van der Waals surface area (Å²) in [5.74, 6) is -1.23. The van der Waals surface area contributed by atoms with Gasteiger partial charge < -0.3 is 10.6 Å². The molecule has 0 aliphatic rings. The number of halogens is 1. The maximum atomic E-state index is 13.5. The Kier molecular flexibility index (Phi) is 4.33. The Labute approximate surface area is 122 Å². The molecular formula is C16H15FN2O2. The van der Waals surface area contributed by atoms with Crippen molar-refractivity contribution < 1.29 is 14.0 Å². The maximum absolute atomic E-state index is 13.5. The van der Waals surface area contributed by atoms with E-state index in [1.54, 1.807) is 18.2 Å². The van der Waals surface area contributed by atoms with E-state index in [4.69, 9.17) is 0 Å². The van der Waals surface area contributed by atoms with Gasteiger partial charge in [-0.2, -0.15) is 0 Å². The molecule has 5 heteroatoms. The predicted octanol–water partition coefficient (Wildman–Crippen LogP) is 3.34. The molecule has 0 aliphatic carbocycles. The van der Waals surface area contributed by atoms with E-state index in [9.17, 15) is 14.0 Å². The molecular weight excluding hydrogens is 271 g/mol. The molecule has 0 saturated carbocycles. The van der Waals surface area contributed by atoms with Crippen molar-refractivity contribution in [3.05, 3.63) is 59.4 Å². The minimum absolute atomic E-state index is 0.0320. The van der Waals surface area contributed by atoms with Crippen molar-refractivity contribution in [3.63, 3.8) is 0 Å². The number of rotatable bonds is 3. The van der Waals surface area contributed by atoms with Crippen LogP contribution in [0.5, 0.6) is 0 Å². The third kappa shape index (κ3) is 3.89. The lowest BCUT2D eigenvalue weighted by Gasteiger charge is -2.09. The summed E-state index contributed by atoms with van der Waals surface area (Å²) in [7, 11) is 0. The quantitative estimate of drug-likeness (QED) is 0.909. The number of benzene rings is 2. The van der Waals surface area contributed by atoms with Crippen LogP contribution in [0.25, 0.3) is 0 Å². The van der Waals surface area contributed by atoms with E-state index in [-0.39, 0.29) is 17.5 Å². The van der Waals surface area contributed by atoms with Crippen LogP contribution in [0.4, 0.5) is 15.8 Å². The smallest absolute Gasteiger partial charge is 0.255 e. The number of aryl methyl sites for hydroxylation is 1. The Bertz CT molecular complexity index is 698. The molecule has 2 aromatic rings. The average Bonchev–Trinajstić information content (AvgIpc) is 2.42. The molecule has 0 spiro atoms. The molecule has 2 amide bonds. The average molecular weight is 286 g/mol. The summed E-state index contributed by atoms with van der Waals surface area (Å²) in [6.07, 6.45) is 0. The summed E-state index contributed by atoms with van der Waals surface area (Å²) >= 11 is 0. The van der Waals surface area contributed by atoms with Crippen molar-refractivity contribution in [2.75, 3.05) is 10.6 Å². The first-order valence-electron chi connectivity index (χ1n) is 6.41. The summed E-state index contributed by atoms with van der Waals surface area (Å²) in [6, 6.07) is 11.1. The van der Waals surface area contributed by atoms with Crippen molar-refractivity contribution in [2.24, 2.45) is 0 Å². The zero-order valence-electron chi connectivity index (χ0n) is 11.7. The van der Waals surface area contributed by atoms with Gasteiger partial charge in [0.2, 0.25) is 5.91 Å². The van der Waals surface area contributed by atoms with Gasteiger partial charge in [-0.1, -0.05) is 17.7 Å². The zero-order chi connectivity index (χ0) is 15.4. The molecule has 4 nitrogen and oxygen atoms in total. The maximum Gasteiger partial charge on any atom is 0.255 e. The Morgan fingerprint density at radius 3 is 2.48 bits per heavy atom. The minimum Gasteiger partial charge on any atom is -0.324 e. The van der Waals surface area contributed by atoms with Gasteiger partial charge >= 0.3 is 0 Å². The molecule has 0 aromatic heterocycles. The molecule has 2 aromatic carbocycles. The van der Waals surface area contributed by atoms with Crippen molar-refractivity contribution in [2.45, 2.75) is 13.8 Å². The van der Waals surface area contributed by atoms with Gasteiger partial charge in [0.25, 0.3) is 5.91 Å². The van der Waals surface area contributed by atoms with Crippen LogP contribution < -0.4 is 10.6 Å². The number of anilines is 2. The predicted molar refractivity (Wildman–Crippen MR) is 79.8 cm³/mol. The first kappa shape index (κ1) is 14.7. The van der Waals surface area contributed by atoms with Gasteiger partial charge in [0.1, 0.15) is 5.82 Å². The lowest BCUT2D eigenvalue weighted by molar-refractivity contribution is -0.114. The van der Waals surface area contributed by atoms with Crippen LogP contribution in [0.2, 0.25) is 0 Å². The van der Waals surface area contributed by atoms with Gasteiger partial charge in [-0.05, 0) is 37.3 Å². The van der Waals surface area contributed by atoms with Crippen molar-refractivity contribution in [1.82, 2.24) is 0 Å². The van der Waals surface area contributed by atoms with Crippen LogP contribution >= 0.6 is 0 Å². The van der Waals surface area contributed by atoms with Crippen LogP contribution in [0.1, 0.15) is 22.8 Å². The van der Waals surface area contributed by atoms with Gasteiger partial charge in [0, 0.05) is 18.2 Å². The molecule has 0 saturated heterocycles. The highest BCUT2D eigenvalue weighted by atomic mass is 19.1. The Morgan fingerprint density at radius 1 is 1.05 bits per heavy atom. The van der Waals surface area contributed by atoms with E-state index >= 15 is 0 Å². The number of carbonyl (C=O) groups is 2. The van der Waals surface area contributed by atoms with E-state index in [1.807, 2.05) is 13.0 Å². The third-order valence-corrected chi connectivity index (χ3v) is 2.82. The second kappa shape index (κ2) is 6.17. The number of nitrogens with one attached hydrogen (secondary N) is 2. The second-order valence-corrected chi connectivity index (χ2v) is 4.70. The summed E-state index contributed by atoms with van der Waals surface area (Å²) < 4.78 is 13.5. The Morgan fingerprint density at radius 2 is 1.81 bits per heavy atom. The van der Waals surface area contributed by atoms with E-state index in [2.05, 4.69) is 10.6 Å². The van der Waals surface area contributed by atoms with E-state index in [1.165, 1.54) is 25.1 Å². The SMILES string of the molecule is CC(=O)Nc1cc(NC(=O)c2cccc(C)c2)ccc1F. The first-order chi connectivity index (χ1) is 9.95. The van der Waals surface area contributed by atoms with Crippen molar-refractivity contribution >= 4 is 23.2 Å². The fourth-order valence-electron chi connectivity index (χ4n) is 1.88. The first-order valence-corrected chi connectivity index (χ1v) is 6.41. The number of amides is 2. The van der Waals surface area contributed by atoms with Crippen LogP contribution in [0, 0.1) is 12.7 Å².